The van der Waals surface area contributed by atoms with E-state index >= 15 is 0 Å². The highest BCUT2D eigenvalue weighted by Gasteiger charge is 2.81. The molecule has 0 amide bonds. The molecule has 1 spiro atoms. The van der Waals surface area contributed by atoms with Crippen LogP contribution in [0, 0.1) is 11.8 Å². The van der Waals surface area contributed by atoms with Crippen molar-refractivity contribution in [3.8, 4) is 17.2 Å². The number of carbonyl (C=O) groups is 3. The van der Waals surface area contributed by atoms with E-state index in [4.69, 9.17) is 23.7 Å². The zero-order valence-electron chi connectivity index (χ0n) is 28.8. The van der Waals surface area contributed by atoms with E-state index in [9.17, 15) is 24.6 Å². The van der Waals surface area contributed by atoms with E-state index in [0.717, 1.165) is 6.42 Å². The number of ether oxygens (including phenoxy) is 5. The molecule has 10 nitrogen and oxygen atoms in total. The van der Waals surface area contributed by atoms with E-state index in [0.29, 0.717) is 19.3 Å². The normalized spacial score (nSPS) is 35.0. The van der Waals surface area contributed by atoms with Crippen molar-refractivity contribution >= 4 is 24.1 Å². The van der Waals surface area contributed by atoms with Crippen molar-refractivity contribution in [2.45, 2.75) is 121 Å². The Labute approximate surface area is 280 Å². The lowest BCUT2D eigenvalue weighted by molar-refractivity contribution is -0.171. The number of ketones is 2. The molecule has 2 N–H and O–H groups in total. The molecule has 3 aliphatic carbocycles. The van der Waals surface area contributed by atoms with Gasteiger partial charge in [-0.05, 0) is 92.9 Å². The lowest BCUT2D eigenvalue weighted by Gasteiger charge is -2.56. The van der Waals surface area contributed by atoms with Crippen LogP contribution >= 0.6 is 0 Å². The minimum Gasteiger partial charge on any atom is -0.506 e. The summed E-state index contributed by atoms with van der Waals surface area (Å²) in [5, 5.41) is 23.9. The maximum atomic E-state index is 14.8. The summed E-state index contributed by atoms with van der Waals surface area (Å²) in [5.41, 5.74) is -3.84. The molecular weight excluding hydrogens is 616 g/mol. The molecule has 0 aromatic heterocycles. The van der Waals surface area contributed by atoms with Crippen molar-refractivity contribution in [1.82, 2.24) is 0 Å². The molecule has 4 bridgehead atoms. The van der Waals surface area contributed by atoms with Crippen LogP contribution < -0.4 is 9.47 Å². The summed E-state index contributed by atoms with van der Waals surface area (Å²) in [4.78, 5) is 40.3. The number of carbonyl (C=O) groups excluding carboxylic acids is 3. The largest absolute Gasteiger partial charge is 0.506 e. The zero-order chi connectivity index (χ0) is 34.8. The van der Waals surface area contributed by atoms with Gasteiger partial charge in [0.05, 0.1) is 22.3 Å². The third kappa shape index (κ3) is 4.38. The molecule has 0 radical (unpaired) electrons. The number of hydrogen-bond acceptors (Lipinski definition) is 10. The van der Waals surface area contributed by atoms with E-state index in [1.54, 1.807) is 25.2 Å². The number of aromatic hydroxyl groups is 1. The van der Waals surface area contributed by atoms with Crippen molar-refractivity contribution in [3.63, 3.8) is 0 Å². The number of phenols is 1. The van der Waals surface area contributed by atoms with Crippen molar-refractivity contribution in [3.05, 3.63) is 57.9 Å². The highest BCUT2D eigenvalue weighted by atomic mass is 16.6. The number of rotatable bonds is 9. The predicted octanol–water partition coefficient (Wildman–Crippen LogP) is 5.99. The monoisotopic (exact) mass is 660 g/mol. The Bertz CT molecular complexity index is 1770. The fourth-order valence-corrected chi connectivity index (χ4v) is 8.82. The Morgan fingerprint density at radius 2 is 1.77 bits per heavy atom. The molecule has 10 heteroatoms. The maximum absolute atomic E-state index is 14.8. The highest BCUT2D eigenvalue weighted by Crippen LogP contribution is 2.69. The second-order valence-electron chi connectivity index (χ2n) is 15.6. The summed E-state index contributed by atoms with van der Waals surface area (Å²) >= 11 is 0. The lowest BCUT2D eigenvalue weighted by Crippen LogP contribution is -2.72. The molecule has 8 rings (SSSR count). The first-order valence-corrected chi connectivity index (χ1v) is 16.7. The molecule has 1 saturated carbocycles. The van der Waals surface area contributed by atoms with Crippen molar-refractivity contribution < 1.29 is 48.3 Å². The summed E-state index contributed by atoms with van der Waals surface area (Å²) in [5.74, 6) is -1.67. The van der Waals surface area contributed by atoms with Crippen LogP contribution in [0.2, 0.25) is 0 Å². The number of epoxide rings is 1. The van der Waals surface area contributed by atoms with Crippen LogP contribution in [0.4, 0.5) is 0 Å². The Morgan fingerprint density at radius 3 is 2.42 bits per heavy atom. The average molecular weight is 661 g/mol. The number of Topliss-reactive ketones (excluding diaryl/α,β-unsaturated/α-hetero) is 2. The van der Waals surface area contributed by atoms with Crippen LogP contribution in [0.25, 0.3) is 6.08 Å². The molecule has 7 atom stereocenters. The third-order valence-corrected chi connectivity index (χ3v) is 11.2. The van der Waals surface area contributed by atoms with Gasteiger partial charge >= 0.3 is 0 Å². The van der Waals surface area contributed by atoms with E-state index < -0.39 is 57.8 Å². The van der Waals surface area contributed by atoms with Gasteiger partial charge in [-0.15, -0.1) is 0 Å². The summed E-state index contributed by atoms with van der Waals surface area (Å²) < 4.78 is 31.5. The van der Waals surface area contributed by atoms with Gasteiger partial charge in [0.1, 0.15) is 46.4 Å². The quantitative estimate of drug-likeness (QED) is 0.141. The molecule has 1 aromatic rings. The number of hydrogen-bond donors (Lipinski definition) is 2. The van der Waals surface area contributed by atoms with Crippen LogP contribution in [0.15, 0.2) is 41.2 Å². The van der Waals surface area contributed by atoms with Gasteiger partial charge < -0.3 is 33.9 Å². The highest BCUT2D eigenvalue weighted by molar-refractivity contribution is 6.19. The number of aliphatic hydroxyl groups is 1. The van der Waals surface area contributed by atoms with Crippen molar-refractivity contribution in [2.75, 3.05) is 0 Å². The first-order chi connectivity index (χ1) is 22.4. The fraction of sp³-hybridized carbons (Fsp3) is 0.553. The van der Waals surface area contributed by atoms with Gasteiger partial charge in [-0.2, -0.15) is 0 Å². The van der Waals surface area contributed by atoms with Crippen molar-refractivity contribution in [1.29, 1.82) is 0 Å². The molecule has 4 heterocycles. The minimum absolute atomic E-state index is 0.0306. The van der Waals surface area contributed by atoms with Gasteiger partial charge in [0.25, 0.3) is 6.47 Å². The zero-order valence-corrected chi connectivity index (χ0v) is 28.8. The summed E-state index contributed by atoms with van der Waals surface area (Å²) in [6.45, 7) is 15.4. The Balaban J connectivity index is 1.46. The van der Waals surface area contributed by atoms with Gasteiger partial charge in [0.2, 0.25) is 0 Å². The van der Waals surface area contributed by atoms with Crippen molar-refractivity contribution in [2.24, 2.45) is 11.8 Å². The van der Waals surface area contributed by atoms with E-state index in [1.807, 2.05) is 54.5 Å². The summed E-state index contributed by atoms with van der Waals surface area (Å²) in [6, 6.07) is 0. The second kappa shape index (κ2) is 10.4. The van der Waals surface area contributed by atoms with Gasteiger partial charge in [-0.25, -0.2) is 0 Å². The number of aliphatic hydroxyl groups excluding tert-OH is 1. The SMILES string of the molecule is CC(C)=CCC[C@@]1(C)C=Cc2c(O)c3c(c(C(O)C4OC4(C)C)c2O1)O[C@]12C(=CC4CC1C(C)(C)OC2(C/C=C(/C)OC=O)C4=O)C3=O. The molecule has 2 saturated heterocycles. The molecule has 7 aliphatic rings. The maximum Gasteiger partial charge on any atom is 0.298 e. The van der Waals surface area contributed by atoms with Crippen LogP contribution in [-0.2, 0) is 23.8 Å². The van der Waals surface area contributed by atoms with Gasteiger partial charge in [-0.3, -0.25) is 14.4 Å². The summed E-state index contributed by atoms with van der Waals surface area (Å²) in [7, 11) is 0. The van der Waals surface area contributed by atoms with Crippen LogP contribution in [0.1, 0.15) is 109 Å². The second-order valence-corrected chi connectivity index (χ2v) is 15.6. The van der Waals surface area contributed by atoms with E-state index in [-0.39, 0.29) is 57.5 Å². The van der Waals surface area contributed by atoms with E-state index in [2.05, 4.69) is 6.08 Å². The average Bonchev–Trinajstić information content (AvgIpc) is 3.60. The number of fused-ring (bicyclic) bond motifs is 2. The molecule has 4 aliphatic heterocycles. The number of allylic oxidation sites excluding steroid dienone is 4. The predicted molar refractivity (Wildman–Crippen MR) is 175 cm³/mol. The van der Waals surface area contributed by atoms with E-state index in [1.165, 1.54) is 5.57 Å². The van der Waals surface area contributed by atoms with Crippen LogP contribution in [0.3, 0.4) is 0 Å². The fourth-order valence-electron chi connectivity index (χ4n) is 8.82. The Kier molecular flexibility index (Phi) is 7.10. The van der Waals surface area contributed by atoms with Gasteiger partial charge in [0, 0.05) is 23.8 Å². The smallest absolute Gasteiger partial charge is 0.298 e. The summed E-state index contributed by atoms with van der Waals surface area (Å²) in [6.07, 6.45) is 8.76. The molecule has 3 fully saturated rings. The molecule has 1 aromatic carbocycles. The lowest BCUT2D eigenvalue weighted by atomic mass is 9.51. The number of benzene rings is 1. The van der Waals surface area contributed by atoms with Gasteiger partial charge in [0.15, 0.2) is 22.8 Å². The Morgan fingerprint density at radius 1 is 1.06 bits per heavy atom. The standard InChI is InChI=1S/C38H44O10/c1-19(2)10-9-13-36(8)14-12-22-27(40)25-28(41)23-16-21-17-24-34(4,5)48-37(32(21)43,15-11-20(3)44-18-39)38(23,24)46-31(25)26(30(22)45-36)29(42)33-35(6,7)47-33/h10-12,14,16,18,21,24,29,33,40,42H,9,13,15,17H2,1-8H3/b20-11-/t21?,24?,29?,33?,36-,37?,38+/m0/s1. The van der Waals surface area contributed by atoms with Gasteiger partial charge in [-0.1, -0.05) is 17.7 Å². The first-order valence-electron chi connectivity index (χ1n) is 16.7. The topological polar surface area (TPSA) is 141 Å². The minimum atomic E-state index is -1.66. The number of phenolic OH excluding ortho intramolecular Hbond substituents is 1. The van der Waals surface area contributed by atoms with Crippen LogP contribution in [-0.4, -0.2) is 62.4 Å². The molecule has 256 valence electrons. The first kappa shape index (κ1) is 32.8. The molecular formula is C38H44O10. The molecule has 48 heavy (non-hydrogen) atoms. The Hall–Kier alpha value is -3.73. The third-order valence-electron chi connectivity index (χ3n) is 11.2. The van der Waals surface area contributed by atoms with Crippen LogP contribution in [0.5, 0.6) is 17.2 Å². The molecule has 5 unspecified atom stereocenters.